The normalized spacial score (nSPS) is 16.9. The molecule has 0 fully saturated rings. The lowest BCUT2D eigenvalue weighted by molar-refractivity contribution is -0.141. The molecule has 35 heavy (non-hydrogen) atoms. The van der Waals surface area contributed by atoms with E-state index in [1.807, 2.05) is 22.4 Å². The molecule has 190 valence electrons. The number of carbonyl (C=O) groups excluding carboxylic acids is 2. The van der Waals surface area contributed by atoms with E-state index in [2.05, 4.69) is 10.3 Å². The van der Waals surface area contributed by atoms with Crippen molar-refractivity contribution in [3.05, 3.63) is 46.1 Å². The van der Waals surface area contributed by atoms with Crippen molar-refractivity contribution in [2.75, 3.05) is 54.8 Å². The van der Waals surface area contributed by atoms with E-state index in [0.717, 1.165) is 11.3 Å². The summed E-state index contributed by atoms with van der Waals surface area (Å²) in [4.78, 5) is 32.4. The van der Waals surface area contributed by atoms with Crippen LogP contribution in [0.15, 0.2) is 45.6 Å². The summed E-state index contributed by atoms with van der Waals surface area (Å²) in [6.45, 7) is 3.00. The van der Waals surface area contributed by atoms with Crippen LogP contribution in [-0.2, 0) is 23.8 Å². The van der Waals surface area contributed by atoms with Crippen LogP contribution in [0.1, 0.15) is 24.9 Å². The van der Waals surface area contributed by atoms with Crippen molar-refractivity contribution in [1.82, 2.24) is 10.2 Å². The van der Waals surface area contributed by atoms with Crippen molar-refractivity contribution in [1.29, 1.82) is 0 Å². The fourth-order valence-electron chi connectivity index (χ4n) is 3.78. The van der Waals surface area contributed by atoms with Crippen LogP contribution in [0.2, 0.25) is 0 Å². The zero-order chi connectivity index (χ0) is 25.4. The molecule has 10 nitrogen and oxygen atoms in total. The lowest BCUT2D eigenvalue weighted by Gasteiger charge is -2.36. The summed E-state index contributed by atoms with van der Waals surface area (Å²) < 4.78 is 26.4. The Morgan fingerprint density at radius 3 is 2.49 bits per heavy atom. The van der Waals surface area contributed by atoms with Crippen molar-refractivity contribution in [3.8, 4) is 11.5 Å². The monoisotopic (exact) mass is 505 g/mol. The molecular weight excluding hydrogens is 474 g/mol. The molecule has 0 saturated carbocycles. The standard InChI is InChI=1S/C24H31N3O7S/c1-15-21(23(29)34-11-10-31-3)22(16-6-7-18(32-4)19(12-16)33-5)27-17(14-35-24(27)26-15)13-20(28)25-8-9-30-2/h6-7,12,14,22H,8-11,13H2,1-5H3,(H,25,28)/t22-/m1/s1. The average molecular weight is 506 g/mol. The van der Waals surface area contributed by atoms with E-state index >= 15 is 0 Å². The zero-order valence-electron chi connectivity index (χ0n) is 20.6. The highest BCUT2D eigenvalue weighted by atomic mass is 32.2. The molecule has 0 unspecified atom stereocenters. The molecule has 11 heteroatoms. The number of thioether (sulfide) groups is 1. The number of nitrogens with one attached hydrogen (secondary N) is 1. The van der Waals surface area contributed by atoms with Crippen molar-refractivity contribution >= 4 is 28.8 Å². The number of hydrogen-bond donors (Lipinski definition) is 1. The zero-order valence-corrected chi connectivity index (χ0v) is 21.4. The van der Waals surface area contributed by atoms with Gasteiger partial charge in [-0.2, -0.15) is 0 Å². The Morgan fingerprint density at radius 1 is 1.06 bits per heavy atom. The first-order chi connectivity index (χ1) is 16.9. The Morgan fingerprint density at radius 2 is 1.80 bits per heavy atom. The van der Waals surface area contributed by atoms with Crippen molar-refractivity contribution in [3.63, 3.8) is 0 Å². The van der Waals surface area contributed by atoms with Gasteiger partial charge in [0.05, 0.1) is 51.2 Å². The number of ether oxygens (including phenoxy) is 5. The molecule has 1 aromatic rings. The van der Waals surface area contributed by atoms with Crippen molar-refractivity contribution < 1.29 is 33.3 Å². The van der Waals surface area contributed by atoms with Gasteiger partial charge < -0.3 is 33.9 Å². The van der Waals surface area contributed by atoms with Crippen molar-refractivity contribution in [2.45, 2.75) is 19.4 Å². The third-order valence-electron chi connectivity index (χ3n) is 5.43. The molecule has 3 rings (SSSR count). The highest BCUT2D eigenvalue weighted by Gasteiger charge is 2.41. The molecule has 0 aliphatic carbocycles. The maximum Gasteiger partial charge on any atom is 0.338 e. The molecular formula is C24H31N3O7S. The van der Waals surface area contributed by atoms with Crippen LogP contribution in [0.25, 0.3) is 0 Å². The van der Waals surface area contributed by atoms with Gasteiger partial charge in [-0.05, 0) is 30.0 Å². The first-order valence-electron chi connectivity index (χ1n) is 11.0. The lowest BCUT2D eigenvalue weighted by Crippen LogP contribution is -2.38. The van der Waals surface area contributed by atoms with Gasteiger partial charge in [-0.1, -0.05) is 17.8 Å². The van der Waals surface area contributed by atoms with Crippen LogP contribution in [0, 0.1) is 0 Å². The molecule has 0 spiro atoms. The van der Waals surface area contributed by atoms with Crippen LogP contribution in [0.4, 0.5) is 0 Å². The van der Waals surface area contributed by atoms with Crippen LogP contribution in [0.5, 0.6) is 11.5 Å². The summed E-state index contributed by atoms with van der Waals surface area (Å²) in [5, 5.41) is 5.40. The van der Waals surface area contributed by atoms with Crippen LogP contribution in [0.3, 0.4) is 0 Å². The number of carbonyl (C=O) groups is 2. The number of aliphatic imine (C=N–C) groups is 1. The van der Waals surface area contributed by atoms with Crippen LogP contribution < -0.4 is 14.8 Å². The Hall–Kier alpha value is -3.02. The number of esters is 1. The van der Waals surface area contributed by atoms with Crippen LogP contribution >= 0.6 is 11.8 Å². The number of nitrogens with zero attached hydrogens (tertiary/aromatic N) is 2. The maximum absolute atomic E-state index is 13.2. The minimum Gasteiger partial charge on any atom is -0.493 e. The second kappa shape index (κ2) is 12.6. The maximum atomic E-state index is 13.2. The van der Waals surface area contributed by atoms with Gasteiger partial charge in [0.25, 0.3) is 0 Å². The fourth-order valence-corrected chi connectivity index (χ4v) is 4.75. The number of fused-ring (bicyclic) bond motifs is 1. The van der Waals surface area contributed by atoms with Gasteiger partial charge in [0.2, 0.25) is 5.91 Å². The van der Waals surface area contributed by atoms with E-state index in [0.29, 0.717) is 41.1 Å². The molecule has 2 aliphatic heterocycles. The Bertz CT molecular complexity index is 1040. The van der Waals surface area contributed by atoms with E-state index in [-0.39, 0.29) is 25.5 Å². The predicted molar refractivity (Wildman–Crippen MR) is 132 cm³/mol. The number of benzene rings is 1. The summed E-state index contributed by atoms with van der Waals surface area (Å²) in [5.41, 5.74) is 2.41. The smallest absolute Gasteiger partial charge is 0.338 e. The predicted octanol–water partition coefficient (Wildman–Crippen LogP) is 2.62. The van der Waals surface area contributed by atoms with E-state index in [4.69, 9.17) is 23.7 Å². The summed E-state index contributed by atoms with van der Waals surface area (Å²) in [6.07, 6.45) is 0.116. The molecule has 2 heterocycles. The molecule has 1 aromatic carbocycles. The summed E-state index contributed by atoms with van der Waals surface area (Å²) in [7, 11) is 6.23. The van der Waals surface area contributed by atoms with Crippen molar-refractivity contribution in [2.24, 2.45) is 4.99 Å². The molecule has 0 bridgehead atoms. The molecule has 1 amide bonds. The highest BCUT2D eigenvalue weighted by Crippen LogP contribution is 2.46. The number of amides is 1. The molecule has 0 radical (unpaired) electrons. The van der Waals surface area contributed by atoms with Crippen LogP contribution in [-0.4, -0.2) is 76.7 Å². The number of rotatable bonds is 12. The quantitative estimate of drug-likeness (QED) is 0.339. The van der Waals surface area contributed by atoms with Gasteiger partial charge in [0, 0.05) is 26.5 Å². The summed E-state index contributed by atoms with van der Waals surface area (Å²) in [5.74, 6) is 0.433. The van der Waals surface area contributed by atoms with E-state index in [9.17, 15) is 9.59 Å². The van der Waals surface area contributed by atoms with Gasteiger partial charge in [-0.15, -0.1) is 0 Å². The number of allylic oxidation sites excluding steroid dienone is 1. The first kappa shape index (κ1) is 26.6. The van der Waals surface area contributed by atoms with E-state index in [1.54, 1.807) is 34.3 Å². The molecule has 1 atom stereocenters. The third kappa shape index (κ3) is 6.16. The second-order valence-corrected chi connectivity index (χ2v) is 8.49. The summed E-state index contributed by atoms with van der Waals surface area (Å²) in [6, 6.07) is 4.89. The molecule has 0 saturated heterocycles. The highest BCUT2D eigenvalue weighted by molar-refractivity contribution is 8.16. The Labute approximate surface area is 209 Å². The molecule has 1 N–H and O–H groups in total. The fraction of sp³-hybridized carbons (Fsp3) is 0.458. The minimum atomic E-state index is -0.578. The lowest BCUT2D eigenvalue weighted by atomic mass is 9.93. The number of methoxy groups -OCH3 is 4. The topological polar surface area (TPSA) is 108 Å². The molecule has 0 aromatic heterocycles. The third-order valence-corrected chi connectivity index (χ3v) is 6.32. The van der Waals surface area contributed by atoms with Gasteiger partial charge >= 0.3 is 5.97 Å². The van der Waals surface area contributed by atoms with E-state index in [1.165, 1.54) is 18.9 Å². The van der Waals surface area contributed by atoms with Gasteiger partial charge in [0.15, 0.2) is 16.7 Å². The number of amidine groups is 1. The van der Waals surface area contributed by atoms with Gasteiger partial charge in [0.1, 0.15) is 6.61 Å². The van der Waals surface area contributed by atoms with E-state index < -0.39 is 12.0 Å². The first-order valence-corrected chi connectivity index (χ1v) is 11.9. The second-order valence-electron chi connectivity index (χ2n) is 7.66. The van der Waals surface area contributed by atoms with Gasteiger partial charge in [-0.25, -0.2) is 9.79 Å². The Balaban J connectivity index is 2.00. The summed E-state index contributed by atoms with van der Waals surface area (Å²) >= 11 is 1.41. The number of hydrogen-bond acceptors (Lipinski definition) is 10. The largest absolute Gasteiger partial charge is 0.493 e. The SMILES string of the molecule is COCCNC(=O)CC1=CSC2=NC(C)=C(C(=O)OCCOC)[C@@H](c3ccc(OC)c(OC)c3)N12. The van der Waals surface area contributed by atoms with Gasteiger partial charge in [-0.3, -0.25) is 4.79 Å². The minimum absolute atomic E-state index is 0.112. The average Bonchev–Trinajstić information content (AvgIpc) is 3.24. The molecule has 2 aliphatic rings. The Kier molecular flexibility index (Phi) is 9.58.